The number of phenols is 1. The molecule has 0 aliphatic carbocycles. The van der Waals surface area contributed by atoms with Crippen molar-refractivity contribution in [3.05, 3.63) is 53.3 Å². The van der Waals surface area contributed by atoms with Crippen molar-refractivity contribution in [1.82, 2.24) is 4.98 Å². The summed E-state index contributed by atoms with van der Waals surface area (Å²) in [5.41, 5.74) is -1.65. The molecule has 0 atom stereocenters. The van der Waals surface area contributed by atoms with E-state index in [1.54, 1.807) is 12.1 Å². The summed E-state index contributed by atoms with van der Waals surface area (Å²) < 4.78 is 38.9. The second-order valence-electron chi connectivity index (χ2n) is 6.30. The summed E-state index contributed by atoms with van der Waals surface area (Å²) in [6.45, 7) is 5.61. The van der Waals surface area contributed by atoms with Crippen molar-refractivity contribution < 1.29 is 23.1 Å². The summed E-state index contributed by atoms with van der Waals surface area (Å²) in [5.74, 6) is -1.16. The molecule has 1 heterocycles. The number of para-hydroxylation sites is 1. The van der Waals surface area contributed by atoms with Gasteiger partial charge >= 0.3 is 6.18 Å². The number of carbonyl (C=O) groups is 1. The number of nitrogens with one attached hydrogen (secondary N) is 1. The van der Waals surface area contributed by atoms with Crippen LogP contribution < -0.4 is 5.32 Å². The van der Waals surface area contributed by atoms with Gasteiger partial charge in [-0.3, -0.25) is 9.78 Å². The molecule has 0 bridgehead atoms. The van der Waals surface area contributed by atoms with Crippen molar-refractivity contribution in [2.24, 2.45) is 0 Å². The largest absolute Gasteiger partial charge is 0.505 e. The van der Waals surface area contributed by atoms with Gasteiger partial charge in [0, 0.05) is 11.8 Å². The molecular formula is C17H17F3N2O2. The number of nitrogens with zero attached hydrogens (tertiary/aromatic N) is 1. The molecule has 2 rings (SSSR count). The molecule has 0 fully saturated rings. The van der Waals surface area contributed by atoms with Crippen LogP contribution in [0.4, 0.5) is 18.9 Å². The molecule has 128 valence electrons. The quantitative estimate of drug-likeness (QED) is 0.800. The Balaban J connectivity index is 2.39. The summed E-state index contributed by atoms with van der Waals surface area (Å²) >= 11 is 0. The van der Waals surface area contributed by atoms with Crippen LogP contribution in [-0.4, -0.2) is 16.0 Å². The fourth-order valence-corrected chi connectivity index (χ4v) is 2.25. The Morgan fingerprint density at radius 1 is 1.12 bits per heavy atom. The molecule has 2 aromatic rings. The van der Waals surface area contributed by atoms with Crippen LogP contribution in [0.25, 0.3) is 0 Å². The number of aromatic nitrogens is 1. The normalized spacial score (nSPS) is 12.1. The molecule has 4 nitrogen and oxygen atoms in total. The van der Waals surface area contributed by atoms with E-state index in [-0.39, 0.29) is 11.4 Å². The molecule has 0 radical (unpaired) electrons. The molecule has 1 amide bonds. The molecule has 7 heteroatoms. The van der Waals surface area contributed by atoms with Crippen LogP contribution in [0.5, 0.6) is 5.75 Å². The van der Waals surface area contributed by atoms with Gasteiger partial charge in [0.2, 0.25) is 0 Å². The zero-order chi connectivity index (χ0) is 18.1. The molecule has 1 aromatic heterocycles. The van der Waals surface area contributed by atoms with Crippen LogP contribution in [0.1, 0.15) is 42.4 Å². The van der Waals surface area contributed by atoms with Crippen LogP contribution >= 0.6 is 0 Å². The predicted molar refractivity (Wildman–Crippen MR) is 84.0 cm³/mol. The van der Waals surface area contributed by atoms with Gasteiger partial charge in [-0.15, -0.1) is 0 Å². The second-order valence-corrected chi connectivity index (χ2v) is 6.30. The van der Waals surface area contributed by atoms with E-state index in [2.05, 4.69) is 10.3 Å². The van der Waals surface area contributed by atoms with Gasteiger partial charge in [0.25, 0.3) is 5.91 Å². The lowest BCUT2D eigenvalue weighted by molar-refractivity contribution is -0.141. The summed E-state index contributed by atoms with van der Waals surface area (Å²) in [4.78, 5) is 15.5. The van der Waals surface area contributed by atoms with Crippen LogP contribution in [0, 0.1) is 0 Å². The fraction of sp³-hybridized carbons (Fsp3) is 0.294. The number of benzene rings is 1. The molecular weight excluding hydrogens is 321 g/mol. The maximum absolute atomic E-state index is 13.0. The van der Waals surface area contributed by atoms with Crippen LogP contribution in [0.2, 0.25) is 0 Å². The highest BCUT2D eigenvalue weighted by Gasteiger charge is 2.37. The minimum absolute atomic E-state index is 0.0457. The summed E-state index contributed by atoms with van der Waals surface area (Å²) in [5, 5.41) is 12.6. The van der Waals surface area contributed by atoms with Gasteiger partial charge in [0.05, 0.1) is 11.3 Å². The number of alkyl halides is 3. The average molecular weight is 338 g/mol. The molecule has 24 heavy (non-hydrogen) atoms. The van der Waals surface area contributed by atoms with E-state index < -0.39 is 28.8 Å². The molecule has 0 spiro atoms. The van der Waals surface area contributed by atoms with Crippen LogP contribution in [0.15, 0.2) is 36.5 Å². The molecule has 1 aromatic carbocycles. The summed E-state index contributed by atoms with van der Waals surface area (Å²) in [6, 6.07) is 7.01. The number of hydrogen-bond acceptors (Lipinski definition) is 3. The number of anilines is 1. The van der Waals surface area contributed by atoms with Gasteiger partial charge in [-0.25, -0.2) is 0 Å². The predicted octanol–water partition coefficient (Wildman–Crippen LogP) is 4.36. The number of rotatable bonds is 2. The van der Waals surface area contributed by atoms with Gasteiger partial charge in [0.1, 0.15) is 5.75 Å². The number of phenolic OH excluding ortho intramolecular Hbond substituents is 1. The van der Waals surface area contributed by atoms with E-state index in [1.807, 2.05) is 20.8 Å². The van der Waals surface area contributed by atoms with E-state index in [0.29, 0.717) is 5.56 Å². The Bertz CT molecular complexity index is 765. The monoisotopic (exact) mass is 338 g/mol. The minimum Gasteiger partial charge on any atom is -0.505 e. The third-order valence-electron chi connectivity index (χ3n) is 3.41. The van der Waals surface area contributed by atoms with Gasteiger partial charge < -0.3 is 10.4 Å². The molecule has 0 saturated carbocycles. The fourth-order valence-electron chi connectivity index (χ4n) is 2.25. The highest BCUT2D eigenvalue weighted by Crippen LogP contribution is 2.36. The van der Waals surface area contributed by atoms with E-state index in [0.717, 1.165) is 12.3 Å². The highest BCUT2D eigenvalue weighted by atomic mass is 19.4. The van der Waals surface area contributed by atoms with Crippen molar-refractivity contribution >= 4 is 11.6 Å². The minimum atomic E-state index is -4.75. The lowest BCUT2D eigenvalue weighted by atomic mass is 9.86. The topological polar surface area (TPSA) is 62.2 Å². The summed E-state index contributed by atoms with van der Waals surface area (Å²) in [6.07, 6.45) is -3.78. The molecule has 0 aliphatic heterocycles. The van der Waals surface area contributed by atoms with Crippen LogP contribution in [0.3, 0.4) is 0 Å². The van der Waals surface area contributed by atoms with Crippen molar-refractivity contribution in [2.45, 2.75) is 32.4 Å². The molecule has 0 saturated heterocycles. The molecule has 0 aliphatic rings. The van der Waals surface area contributed by atoms with Gasteiger partial charge in [-0.05, 0) is 23.6 Å². The lowest BCUT2D eigenvalue weighted by Gasteiger charge is -2.22. The Labute approximate surface area is 137 Å². The number of halogens is 3. The standard InChI is InChI=1S/C17H17F3N2O2/c1-16(2,3)11-7-4-8-12(13(11)23)22-15(24)10-6-5-9-21-14(10)17(18,19)20/h4-9,23H,1-3H3,(H,22,24). The highest BCUT2D eigenvalue weighted by molar-refractivity contribution is 6.06. The van der Waals surface area contributed by atoms with Crippen molar-refractivity contribution in [3.63, 3.8) is 0 Å². The molecule has 2 N–H and O–H groups in total. The second kappa shape index (κ2) is 6.14. The first-order valence-electron chi connectivity index (χ1n) is 7.18. The zero-order valence-electron chi connectivity index (χ0n) is 13.4. The first-order chi connectivity index (χ1) is 11.0. The Kier molecular flexibility index (Phi) is 4.55. The number of pyridine rings is 1. The van der Waals surface area contributed by atoms with Gasteiger partial charge in [-0.2, -0.15) is 13.2 Å². The Morgan fingerprint density at radius 2 is 1.79 bits per heavy atom. The Morgan fingerprint density at radius 3 is 2.38 bits per heavy atom. The maximum Gasteiger partial charge on any atom is 0.434 e. The lowest BCUT2D eigenvalue weighted by Crippen LogP contribution is -2.20. The number of aromatic hydroxyl groups is 1. The first-order valence-corrected chi connectivity index (χ1v) is 7.18. The van der Waals surface area contributed by atoms with Crippen molar-refractivity contribution in [3.8, 4) is 5.75 Å². The van der Waals surface area contributed by atoms with Crippen molar-refractivity contribution in [2.75, 3.05) is 5.32 Å². The third kappa shape index (κ3) is 3.67. The van der Waals surface area contributed by atoms with E-state index in [9.17, 15) is 23.1 Å². The molecule has 0 unspecified atom stereocenters. The Hall–Kier alpha value is -2.57. The van der Waals surface area contributed by atoms with Gasteiger partial charge in [0.15, 0.2) is 5.69 Å². The van der Waals surface area contributed by atoms with Crippen LogP contribution in [-0.2, 0) is 11.6 Å². The van der Waals surface area contributed by atoms with E-state index in [4.69, 9.17) is 0 Å². The SMILES string of the molecule is CC(C)(C)c1cccc(NC(=O)c2cccnc2C(F)(F)F)c1O. The average Bonchev–Trinajstić information content (AvgIpc) is 2.47. The third-order valence-corrected chi connectivity index (χ3v) is 3.41. The number of amides is 1. The smallest absolute Gasteiger partial charge is 0.434 e. The zero-order valence-corrected chi connectivity index (χ0v) is 13.4. The van der Waals surface area contributed by atoms with E-state index in [1.165, 1.54) is 12.1 Å². The maximum atomic E-state index is 13.0. The number of carbonyl (C=O) groups excluding carboxylic acids is 1. The van der Waals surface area contributed by atoms with Crippen molar-refractivity contribution in [1.29, 1.82) is 0 Å². The van der Waals surface area contributed by atoms with Gasteiger partial charge in [-0.1, -0.05) is 32.9 Å². The number of hydrogen-bond donors (Lipinski definition) is 2. The summed E-state index contributed by atoms with van der Waals surface area (Å²) in [7, 11) is 0. The van der Waals surface area contributed by atoms with E-state index >= 15 is 0 Å². The first kappa shape index (κ1) is 17.8.